The van der Waals surface area contributed by atoms with Crippen LogP contribution < -0.4 is 10.6 Å². The molecule has 0 aromatic heterocycles. The van der Waals surface area contributed by atoms with E-state index in [1.165, 1.54) is 18.2 Å². The van der Waals surface area contributed by atoms with E-state index in [0.717, 1.165) is 25.9 Å². The van der Waals surface area contributed by atoms with Crippen molar-refractivity contribution in [2.75, 3.05) is 18.0 Å². The summed E-state index contributed by atoms with van der Waals surface area (Å²) in [6, 6.07) is 4.24. The van der Waals surface area contributed by atoms with Gasteiger partial charge in [0.25, 0.3) is 5.69 Å². The molecule has 90 valence electrons. The van der Waals surface area contributed by atoms with Crippen molar-refractivity contribution in [3.05, 3.63) is 33.9 Å². The Morgan fingerprint density at radius 1 is 1.35 bits per heavy atom. The number of carbonyl (C=O) groups is 1. The number of nitro benzene ring substituents is 1. The topological polar surface area (TPSA) is 89.5 Å². The van der Waals surface area contributed by atoms with Crippen molar-refractivity contribution in [3.8, 4) is 0 Å². The maximum Gasteiger partial charge on any atom is 0.292 e. The SMILES string of the molecule is NC(=O)c1ccc([N+](=O)[O-])c(N2CCCC2)c1. The average Bonchev–Trinajstić information content (AvgIpc) is 2.81. The van der Waals surface area contributed by atoms with E-state index >= 15 is 0 Å². The molecular weight excluding hydrogens is 222 g/mol. The third kappa shape index (κ3) is 2.20. The van der Waals surface area contributed by atoms with Gasteiger partial charge in [-0.25, -0.2) is 0 Å². The summed E-state index contributed by atoms with van der Waals surface area (Å²) in [5.41, 5.74) is 6.00. The molecule has 1 amide bonds. The third-order valence-corrected chi connectivity index (χ3v) is 2.90. The minimum Gasteiger partial charge on any atom is -0.366 e. The molecule has 1 saturated heterocycles. The molecule has 17 heavy (non-hydrogen) atoms. The Kier molecular flexibility index (Phi) is 2.95. The van der Waals surface area contributed by atoms with E-state index in [0.29, 0.717) is 11.3 Å². The Bertz CT molecular complexity index is 467. The van der Waals surface area contributed by atoms with Crippen LogP contribution in [0.4, 0.5) is 11.4 Å². The van der Waals surface area contributed by atoms with Crippen LogP contribution in [-0.2, 0) is 0 Å². The highest BCUT2D eigenvalue weighted by Gasteiger charge is 2.23. The standard InChI is InChI=1S/C11H13N3O3/c12-11(15)8-3-4-9(14(16)17)10(7-8)13-5-1-2-6-13/h3-4,7H,1-2,5-6H2,(H2,12,15). The number of hydrogen-bond acceptors (Lipinski definition) is 4. The fraction of sp³-hybridized carbons (Fsp3) is 0.364. The van der Waals surface area contributed by atoms with Crippen molar-refractivity contribution < 1.29 is 9.72 Å². The van der Waals surface area contributed by atoms with Crippen molar-refractivity contribution in [1.29, 1.82) is 0 Å². The number of primary amides is 1. The molecule has 0 spiro atoms. The van der Waals surface area contributed by atoms with Gasteiger partial charge in [0.1, 0.15) is 5.69 Å². The Balaban J connectivity index is 2.46. The van der Waals surface area contributed by atoms with Crippen molar-refractivity contribution in [2.45, 2.75) is 12.8 Å². The smallest absolute Gasteiger partial charge is 0.292 e. The second-order valence-electron chi connectivity index (χ2n) is 4.02. The van der Waals surface area contributed by atoms with E-state index in [4.69, 9.17) is 5.73 Å². The maximum atomic E-state index is 11.1. The molecule has 0 unspecified atom stereocenters. The highest BCUT2D eigenvalue weighted by molar-refractivity contribution is 5.94. The summed E-state index contributed by atoms with van der Waals surface area (Å²) in [6.45, 7) is 1.56. The number of benzene rings is 1. The molecule has 0 radical (unpaired) electrons. The van der Waals surface area contributed by atoms with Gasteiger partial charge in [-0.1, -0.05) is 0 Å². The minimum atomic E-state index is -0.569. The number of nitrogens with two attached hydrogens (primary N) is 1. The first-order chi connectivity index (χ1) is 8.09. The molecule has 6 nitrogen and oxygen atoms in total. The molecule has 1 aliphatic rings. The van der Waals surface area contributed by atoms with Crippen molar-refractivity contribution in [1.82, 2.24) is 0 Å². The first-order valence-electron chi connectivity index (χ1n) is 5.43. The van der Waals surface area contributed by atoms with Gasteiger partial charge in [-0.2, -0.15) is 0 Å². The van der Waals surface area contributed by atoms with Crippen LogP contribution in [0.1, 0.15) is 23.2 Å². The van der Waals surface area contributed by atoms with Crippen LogP contribution in [0.3, 0.4) is 0 Å². The molecule has 1 fully saturated rings. The largest absolute Gasteiger partial charge is 0.366 e. The molecule has 0 bridgehead atoms. The van der Waals surface area contributed by atoms with Gasteiger partial charge in [0, 0.05) is 24.7 Å². The fourth-order valence-corrected chi connectivity index (χ4v) is 2.04. The average molecular weight is 235 g/mol. The second kappa shape index (κ2) is 4.40. The minimum absolute atomic E-state index is 0.0249. The van der Waals surface area contributed by atoms with Crippen LogP contribution in [-0.4, -0.2) is 23.9 Å². The number of nitro groups is 1. The first kappa shape index (κ1) is 11.4. The van der Waals surface area contributed by atoms with E-state index in [1.807, 2.05) is 4.90 Å². The predicted molar refractivity (Wildman–Crippen MR) is 63.1 cm³/mol. The lowest BCUT2D eigenvalue weighted by Crippen LogP contribution is -2.20. The molecule has 1 aromatic carbocycles. The Morgan fingerprint density at radius 2 is 2.00 bits per heavy atom. The zero-order valence-electron chi connectivity index (χ0n) is 9.26. The molecule has 1 heterocycles. The number of carbonyl (C=O) groups excluding carboxylic acids is 1. The van der Waals surface area contributed by atoms with Gasteiger partial charge in [0.15, 0.2) is 0 Å². The van der Waals surface area contributed by atoms with E-state index in [-0.39, 0.29) is 5.69 Å². The van der Waals surface area contributed by atoms with E-state index in [9.17, 15) is 14.9 Å². The summed E-state index contributed by atoms with van der Waals surface area (Å²) in [5, 5.41) is 10.9. The number of nitrogens with zero attached hydrogens (tertiary/aromatic N) is 2. The molecule has 0 atom stereocenters. The van der Waals surface area contributed by atoms with Crippen LogP contribution in [0.25, 0.3) is 0 Å². The molecule has 1 aliphatic heterocycles. The quantitative estimate of drug-likeness (QED) is 0.631. The summed E-state index contributed by atoms with van der Waals surface area (Å²) >= 11 is 0. The van der Waals surface area contributed by atoms with Crippen molar-refractivity contribution in [2.24, 2.45) is 5.73 Å². The van der Waals surface area contributed by atoms with Gasteiger partial charge in [-0.15, -0.1) is 0 Å². The monoisotopic (exact) mass is 235 g/mol. The molecule has 2 rings (SSSR count). The van der Waals surface area contributed by atoms with Crippen LogP contribution >= 0.6 is 0 Å². The van der Waals surface area contributed by atoms with E-state index in [1.54, 1.807) is 0 Å². The maximum absolute atomic E-state index is 11.1. The molecule has 1 aromatic rings. The molecule has 2 N–H and O–H groups in total. The molecule has 0 aliphatic carbocycles. The summed E-state index contributed by atoms with van der Waals surface area (Å²) in [5.74, 6) is -0.569. The van der Waals surface area contributed by atoms with Gasteiger partial charge in [0.05, 0.1) is 4.92 Å². The third-order valence-electron chi connectivity index (χ3n) is 2.90. The van der Waals surface area contributed by atoms with Gasteiger partial charge in [0.2, 0.25) is 5.91 Å². The Hall–Kier alpha value is -2.11. The lowest BCUT2D eigenvalue weighted by atomic mass is 10.1. The molecule has 6 heteroatoms. The first-order valence-corrected chi connectivity index (χ1v) is 5.43. The normalized spacial score (nSPS) is 14.9. The molecular formula is C11H13N3O3. The highest BCUT2D eigenvalue weighted by atomic mass is 16.6. The number of rotatable bonds is 3. The van der Waals surface area contributed by atoms with Crippen LogP contribution in [0.15, 0.2) is 18.2 Å². The second-order valence-corrected chi connectivity index (χ2v) is 4.02. The van der Waals surface area contributed by atoms with Crippen molar-refractivity contribution in [3.63, 3.8) is 0 Å². The predicted octanol–water partition coefficient (Wildman–Crippen LogP) is 1.29. The van der Waals surface area contributed by atoms with Crippen LogP contribution in [0.2, 0.25) is 0 Å². The Morgan fingerprint density at radius 3 is 2.53 bits per heavy atom. The van der Waals surface area contributed by atoms with Crippen LogP contribution in [0.5, 0.6) is 0 Å². The zero-order chi connectivity index (χ0) is 12.4. The van der Waals surface area contributed by atoms with E-state index in [2.05, 4.69) is 0 Å². The number of hydrogen-bond donors (Lipinski definition) is 1. The van der Waals surface area contributed by atoms with E-state index < -0.39 is 10.8 Å². The number of anilines is 1. The summed E-state index contributed by atoms with van der Waals surface area (Å²) in [7, 11) is 0. The summed E-state index contributed by atoms with van der Waals surface area (Å²) in [4.78, 5) is 23.5. The zero-order valence-corrected chi connectivity index (χ0v) is 9.26. The van der Waals surface area contributed by atoms with Gasteiger partial charge >= 0.3 is 0 Å². The lowest BCUT2D eigenvalue weighted by Gasteiger charge is -2.17. The summed E-state index contributed by atoms with van der Waals surface area (Å²) < 4.78 is 0. The summed E-state index contributed by atoms with van der Waals surface area (Å²) in [6.07, 6.45) is 2.02. The van der Waals surface area contributed by atoms with Crippen molar-refractivity contribution >= 4 is 17.3 Å². The van der Waals surface area contributed by atoms with Gasteiger partial charge in [-0.05, 0) is 25.0 Å². The number of amides is 1. The van der Waals surface area contributed by atoms with Gasteiger partial charge < -0.3 is 10.6 Å². The lowest BCUT2D eigenvalue weighted by molar-refractivity contribution is -0.384. The fourth-order valence-electron chi connectivity index (χ4n) is 2.04. The molecule has 0 saturated carbocycles. The highest BCUT2D eigenvalue weighted by Crippen LogP contribution is 2.31. The Labute approximate surface area is 98.2 Å². The van der Waals surface area contributed by atoms with Gasteiger partial charge in [-0.3, -0.25) is 14.9 Å². The van der Waals surface area contributed by atoms with Crippen LogP contribution in [0, 0.1) is 10.1 Å².